The van der Waals surface area contributed by atoms with Gasteiger partial charge in [-0.1, -0.05) is 12.1 Å². The average molecular weight is 418 g/mol. The highest BCUT2D eigenvalue weighted by Gasteiger charge is 2.24. The number of anilines is 1. The fraction of sp³-hybridized carbons (Fsp3) is 0.368. The summed E-state index contributed by atoms with van der Waals surface area (Å²) in [6.07, 6.45) is 4.52. The largest absolute Gasteiger partial charge is 0.490 e. The second-order valence-electron chi connectivity index (χ2n) is 6.06. The minimum Gasteiger partial charge on any atom is -0.490 e. The van der Waals surface area contributed by atoms with Crippen molar-refractivity contribution in [3.63, 3.8) is 0 Å². The van der Waals surface area contributed by atoms with E-state index < -0.39 is 0 Å². The van der Waals surface area contributed by atoms with Crippen molar-refractivity contribution in [1.82, 2.24) is 15.6 Å². The molecule has 6 nitrogen and oxygen atoms in total. The number of nitrogens with zero attached hydrogens (tertiary/aromatic N) is 3. The molecule has 1 aliphatic heterocycles. The number of guanidine groups is 1. The number of rotatable bonds is 6. The standard InChI is InChI=1S/C19H24BrN5O/c1-21-19(23-10-12-26-16-5-4-9-22-13-16)24-15-8-11-25(14-15)18-7-3-2-6-17(18)20/h2-7,9,13,15H,8,10-12,14H2,1H3,(H2,21,23,24). The second kappa shape index (κ2) is 9.43. The van der Waals surface area contributed by atoms with E-state index in [4.69, 9.17) is 4.74 Å². The molecule has 0 amide bonds. The number of ether oxygens (including phenoxy) is 1. The summed E-state index contributed by atoms with van der Waals surface area (Å²) < 4.78 is 6.77. The molecule has 1 aromatic heterocycles. The molecule has 1 atom stereocenters. The van der Waals surface area contributed by atoms with Crippen molar-refractivity contribution in [2.24, 2.45) is 4.99 Å². The highest BCUT2D eigenvalue weighted by Crippen LogP contribution is 2.28. The fourth-order valence-corrected chi connectivity index (χ4v) is 3.50. The van der Waals surface area contributed by atoms with Gasteiger partial charge in [-0.2, -0.15) is 0 Å². The molecule has 0 saturated carbocycles. The number of pyridine rings is 1. The van der Waals surface area contributed by atoms with Crippen LogP contribution in [0.2, 0.25) is 0 Å². The summed E-state index contributed by atoms with van der Waals surface area (Å²) >= 11 is 3.64. The summed E-state index contributed by atoms with van der Waals surface area (Å²) in [6, 6.07) is 12.5. The molecule has 3 rings (SSSR count). The molecule has 1 saturated heterocycles. The minimum absolute atomic E-state index is 0.368. The Morgan fingerprint density at radius 2 is 2.23 bits per heavy atom. The van der Waals surface area contributed by atoms with Gasteiger partial charge < -0.3 is 20.3 Å². The van der Waals surface area contributed by atoms with Crippen LogP contribution in [-0.4, -0.2) is 50.3 Å². The Kier molecular flexibility index (Phi) is 6.71. The van der Waals surface area contributed by atoms with E-state index in [1.165, 1.54) is 5.69 Å². The summed E-state index contributed by atoms with van der Waals surface area (Å²) in [4.78, 5) is 10.7. The number of benzene rings is 1. The van der Waals surface area contributed by atoms with Crippen LogP contribution in [0.5, 0.6) is 5.75 Å². The van der Waals surface area contributed by atoms with Gasteiger partial charge >= 0.3 is 0 Å². The van der Waals surface area contributed by atoms with E-state index in [1.807, 2.05) is 18.2 Å². The van der Waals surface area contributed by atoms with Crippen molar-refractivity contribution in [2.75, 3.05) is 38.2 Å². The van der Waals surface area contributed by atoms with E-state index in [1.54, 1.807) is 19.4 Å². The summed E-state index contributed by atoms with van der Waals surface area (Å²) in [5.74, 6) is 1.58. The van der Waals surface area contributed by atoms with Crippen LogP contribution in [-0.2, 0) is 0 Å². The third-order valence-corrected chi connectivity index (χ3v) is 4.91. The number of para-hydroxylation sites is 1. The van der Waals surface area contributed by atoms with Gasteiger partial charge in [-0.05, 0) is 46.6 Å². The maximum absolute atomic E-state index is 5.64. The highest BCUT2D eigenvalue weighted by molar-refractivity contribution is 9.10. The first kappa shape index (κ1) is 18.5. The minimum atomic E-state index is 0.368. The number of hydrogen-bond donors (Lipinski definition) is 2. The first-order valence-corrected chi connectivity index (χ1v) is 9.55. The van der Waals surface area contributed by atoms with Gasteiger partial charge in [-0.15, -0.1) is 0 Å². The lowest BCUT2D eigenvalue weighted by Gasteiger charge is -2.21. The number of aromatic nitrogens is 1. The van der Waals surface area contributed by atoms with Gasteiger partial charge in [0.2, 0.25) is 0 Å². The maximum Gasteiger partial charge on any atom is 0.191 e. The zero-order chi connectivity index (χ0) is 18.2. The quantitative estimate of drug-likeness (QED) is 0.429. The van der Waals surface area contributed by atoms with E-state index in [2.05, 4.69) is 59.6 Å². The molecule has 1 fully saturated rings. The first-order chi connectivity index (χ1) is 12.8. The van der Waals surface area contributed by atoms with Crippen LogP contribution in [0.15, 0.2) is 58.3 Å². The smallest absolute Gasteiger partial charge is 0.191 e. The Balaban J connectivity index is 1.42. The molecule has 1 aliphatic rings. The summed E-state index contributed by atoms with van der Waals surface area (Å²) in [6.45, 7) is 3.21. The first-order valence-electron chi connectivity index (χ1n) is 8.76. The van der Waals surface area contributed by atoms with Crippen LogP contribution in [0.1, 0.15) is 6.42 Å². The Labute approximate surface area is 162 Å². The van der Waals surface area contributed by atoms with Crippen molar-refractivity contribution < 1.29 is 4.74 Å². The van der Waals surface area contributed by atoms with Gasteiger partial charge in [0.1, 0.15) is 12.4 Å². The third kappa shape index (κ3) is 5.11. The highest BCUT2D eigenvalue weighted by atomic mass is 79.9. The zero-order valence-corrected chi connectivity index (χ0v) is 16.4. The average Bonchev–Trinajstić information content (AvgIpc) is 3.13. The molecule has 7 heteroatoms. The van der Waals surface area contributed by atoms with Crippen molar-refractivity contribution in [3.8, 4) is 5.75 Å². The summed E-state index contributed by atoms with van der Waals surface area (Å²) in [7, 11) is 1.79. The van der Waals surface area contributed by atoms with Gasteiger partial charge in [0.15, 0.2) is 5.96 Å². The van der Waals surface area contributed by atoms with E-state index >= 15 is 0 Å². The third-order valence-electron chi connectivity index (χ3n) is 4.24. The van der Waals surface area contributed by atoms with Gasteiger partial charge in [-0.25, -0.2) is 0 Å². The number of halogens is 1. The van der Waals surface area contributed by atoms with Crippen molar-refractivity contribution >= 4 is 27.6 Å². The van der Waals surface area contributed by atoms with Gasteiger partial charge in [0.25, 0.3) is 0 Å². The predicted octanol–water partition coefficient (Wildman–Crippen LogP) is 2.67. The Morgan fingerprint density at radius 1 is 1.35 bits per heavy atom. The van der Waals surface area contributed by atoms with Gasteiger partial charge in [0, 0.05) is 36.8 Å². The normalized spacial score (nSPS) is 17.2. The lowest BCUT2D eigenvalue weighted by Crippen LogP contribution is -2.45. The molecular weight excluding hydrogens is 394 g/mol. The molecule has 0 spiro atoms. The van der Waals surface area contributed by atoms with Crippen LogP contribution in [0.25, 0.3) is 0 Å². The molecule has 0 aliphatic carbocycles. The van der Waals surface area contributed by atoms with Crippen LogP contribution >= 0.6 is 15.9 Å². The number of aliphatic imine (C=N–C) groups is 1. The second-order valence-corrected chi connectivity index (χ2v) is 6.92. The fourth-order valence-electron chi connectivity index (χ4n) is 2.96. The molecule has 2 N–H and O–H groups in total. The molecule has 0 bridgehead atoms. The topological polar surface area (TPSA) is 61.8 Å². The van der Waals surface area contributed by atoms with E-state index in [0.717, 1.165) is 35.7 Å². The van der Waals surface area contributed by atoms with Crippen molar-refractivity contribution in [3.05, 3.63) is 53.3 Å². The molecular formula is C19H24BrN5O. The zero-order valence-electron chi connectivity index (χ0n) is 14.9. The number of nitrogens with one attached hydrogen (secondary N) is 2. The van der Waals surface area contributed by atoms with Crippen LogP contribution < -0.4 is 20.3 Å². The molecule has 1 aromatic carbocycles. The molecule has 2 heterocycles. The molecule has 2 aromatic rings. The SMILES string of the molecule is CN=C(NCCOc1cccnc1)NC1CCN(c2ccccc2Br)C1. The lowest BCUT2D eigenvalue weighted by molar-refractivity contribution is 0.320. The van der Waals surface area contributed by atoms with Crippen LogP contribution in [0.3, 0.4) is 0 Å². The summed E-state index contributed by atoms with van der Waals surface area (Å²) in [5, 5.41) is 6.80. The molecule has 1 unspecified atom stereocenters. The predicted molar refractivity (Wildman–Crippen MR) is 109 cm³/mol. The summed E-state index contributed by atoms with van der Waals surface area (Å²) in [5.41, 5.74) is 1.24. The maximum atomic E-state index is 5.64. The van der Waals surface area contributed by atoms with Crippen molar-refractivity contribution in [1.29, 1.82) is 0 Å². The lowest BCUT2D eigenvalue weighted by atomic mass is 10.3. The monoisotopic (exact) mass is 417 g/mol. The van der Waals surface area contributed by atoms with E-state index in [9.17, 15) is 0 Å². The van der Waals surface area contributed by atoms with Crippen LogP contribution in [0.4, 0.5) is 5.69 Å². The molecule has 138 valence electrons. The van der Waals surface area contributed by atoms with Crippen molar-refractivity contribution in [2.45, 2.75) is 12.5 Å². The molecule has 0 radical (unpaired) electrons. The number of hydrogen-bond acceptors (Lipinski definition) is 4. The molecule has 26 heavy (non-hydrogen) atoms. The Morgan fingerprint density at radius 3 is 3.00 bits per heavy atom. The van der Waals surface area contributed by atoms with E-state index in [-0.39, 0.29) is 0 Å². The van der Waals surface area contributed by atoms with Crippen LogP contribution in [0, 0.1) is 0 Å². The Bertz CT molecular complexity index is 725. The Hall–Kier alpha value is -2.28. The van der Waals surface area contributed by atoms with E-state index in [0.29, 0.717) is 19.2 Å². The van der Waals surface area contributed by atoms with Gasteiger partial charge in [-0.3, -0.25) is 9.98 Å². The van der Waals surface area contributed by atoms with Gasteiger partial charge in [0.05, 0.1) is 18.4 Å².